The van der Waals surface area contributed by atoms with Gasteiger partial charge in [0, 0.05) is 31.2 Å². The van der Waals surface area contributed by atoms with E-state index in [0.29, 0.717) is 25.2 Å². The van der Waals surface area contributed by atoms with Crippen molar-refractivity contribution in [2.75, 3.05) is 6.54 Å². The van der Waals surface area contributed by atoms with Crippen LogP contribution in [0.15, 0.2) is 12.1 Å². The average molecular weight is 251 g/mol. The normalized spacial score (nSPS) is 10.7. The molecule has 5 heteroatoms. The molecule has 0 unspecified atom stereocenters. The van der Waals surface area contributed by atoms with E-state index in [1.165, 1.54) is 0 Å². The highest BCUT2D eigenvalue weighted by atomic mass is 16.3. The zero-order valence-corrected chi connectivity index (χ0v) is 11.2. The van der Waals surface area contributed by atoms with Crippen LogP contribution >= 0.6 is 0 Å². The van der Waals surface area contributed by atoms with Gasteiger partial charge >= 0.3 is 0 Å². The summed E-state index contributed by atoms with van der Waals surface area (Å²) < 4.78 is 0. The average Bonchev–Trinajstić information content (AvgIpc) is 2.28. The molecule has 0 fully saturated rings. The van der Waals surface area contributed by atoms with Gasteiger partial charge in [-0.3, -0.25) is 9.78 Å². The molecule has 1 aromatic rings. The van der Waals surface area contributed by atoms with Gasteiger partial charge in [-0.25, -0.2) is 0 Å². The summed E-state index contributed by atoms with van der Waals surface area (Å²) in [5.41, 5.74) is 1.47. The Morgan fingerprint density at radius 1 is 1.44 bits per heavy atom. The van der Waals surface area contributed by atoms with Crippen molar-refractivity contribution in [3.05, 3.63) is 23.5 Å². The van der Waals surface area contributed by atoms with E-state index in [-0.39, 0.29) is 17.7 Å². The van der Waals surface area contributed by atoms with Crippen LogP contribution in [0.5, 0.6) is 5.75 Å². The molecule has 1 amide bonds. The Hall–Kier alpha value is -1.62. The van der Waals surface area contributed by atoms with Gasteiger partial charge in [0.05, 0.1) is 5.69 Å². The van der Waals surface area contributed by atoms with Gasteiger partial charge in [-0.05, 0) is 32.9 Å². The lowest BCUT2D eigenvalue weighted by molar-refractivity contribution is -0.121. The van der Waals surface area contributed by atoms with Crippen molar-refractivity contribution in [3.8, 4) is 5.75 Å². The Morgan fingerprint density at radius 3 is 2.83 bits per heavy atom. The Morgan fingerprint density at radius 2 is 2.17 bits per heavy atom. The molecule has 0 saturated carbocycles. The number of carbonyl (C=O) groups is 1. The minimum Gasteiger partial charge on any atom is -0.506 e. The predicted octanol–water partition coefficient (Wildman–Crippen LogP) is 1.10. The molecule has 100 valence electrons. The van der Waals surface area contributed by atoms with Gasteiger partial charge in [-0.2, -0.15) is 0 Å². The SMILES string of the molecule is Cc1ccc(O)c(CNCCC(=O)NC(C)C)n1. The molecule has 0 radical (unpaired) electrons. The number of aryl methyl sites for hydroxylation is 1. The molecule has 3 N–H and O–H groups in total. The fourth-order valence-corrected chi connectivity index (χ4v) is 1.54. The van der Waals surface area contributed by atoms with Gasteiger partial charge in [0.25, 0.3) is 0 Å². The zero-order chi connectivity index (χ0) is 13.5. The van der Waals surface area contributed by atoms with Crippen molar-refractivity contribution in [1.29, 1.82) is 0 Å². The molecule has 0 aromatic carbocycles. The summed E-state index contributed by atoms with van der Waals surface area (Å²) in [6.07, 6.45) is 0.421. The fourth-order valence-electron chi connectivity index (χ4n) is 1.54. The summed E-state index contributed by atoms with van der Waals surface area (Å²) in [7, 11) is 0. The first-order chi connectivity index (χ1) is 8.49. The second-order valence-corrected chi connectivity index (χ2v) is 4.57. The third-order valence-electron chi connectivity index (χ3n) is 2.36. The van der Waals surface area contributed by atoms with Crippen LogP contribution < -0.4 is 10.6 Å². The smallest absolute Gasteiger partial charge is 0.221 e. The molecular formula is C13H21N3O2. The molecule has 0 atom stereocenters. The highest BCUT2D eigenvalue weighted by molar-refractivity contribution is 5.76. The van der Waals surface area contributed by atoms with Gasteiger partial charge in [0.15, 0.2) is 0 Å². The van der Waals surface area contributed by atoms with E-state index in [1.807, 2.05) is 20.8 Å². The van der Waals surface area contributed by atoms with Crippen molar-refractivity contribution in [2.24, 2.45) is 0 Å². The summed E-state index contributed by atoms with van der Waals surface area (Å²) >= 11 is 0. The van der Waals surface area contributed by atoms with Crippen LogP contribution in [0, 0.1) is 6.92 Å². The van der Waals surface area contributed by atoms with Crippen LogP contribution in [0.4, 0.5) is 0 Å². The lowest BCUT2D eigenvalue weighted by Gasteiger charge is -2.09. The lowest BCUT2D eigenvalue weighted by Crippen LogP contribution is -2.32. The van der Waals surface area contributed by atoms with Gasteiger partial charge < -0.3 is 15.7 Å². The van der Waals surface area contributed by atoms with E-state index in [4.69, 9.17) is 0 Å². The number of hydrogen-bond acceptors (Lipinski definition) is 4. The molecule has 1 heterocycles. The second kappa shape index (κ2) is 6.96. The third-order valence-corrected chi connectivity index (χ3v) is 2.36. The van der Waals surface area contributed by atoms with Crippen molar-refractivity contribution in [3.63, 3.8) is 0 Å². The molecule has 0 bridgehead atoms. The van der Waals surface area contributed by atoms with Crippen LogP contribution in [-0.4, -0.2) is 28.6 Å². The third kappa shape index (κ3) is 5.14. The second-order valence-electron chi connectivity index (χ2n) is 4.57. The first-order valence-corrected chi connectivity index (χ1v) is 6.14. The first-order valence-electron chi connectivity index (χ1n) is 6.14. The minimum atomic E-state index is 0.0268. The monoisotopic (exact) mass is 251 g/mol. The number of pyridine rings is 1. The number of carbonyl (C=O) groups excluding carboxylic acids is 1. The van der Waals surface area contributed by atoms with E-state index >= 15 is 0 Å². The number of nitrogens with one attached hydrogen (secondary N) is 2. The summed E-state index contributed by atoms with van der Waals surface area (Å²) in [5.74, 6) is 0.207. The van der Waals surface area contributed by atoms with E-state index in [1.54, 1.807) is 12.1 Å². The predicted molar refractivity (Wildman–Crippen MR) is 70.2 cm³/mol. The fraction of sp³-hybridized carbons (Fsp3) is 0.538. The summed E-state index contributed by atoms with van der Waals surface area (Å²) in [6, 6.07) is 3.56. The lowest BCUT2D eigenvalue weighted by atomic mass is 10.2. The number of aromatic nitrogens is 1. The summed E-state index contributed by atoms with van der Waals surface area (Å²) in [5, 5.41) is 15.5. The molecule has 1 rings (SSSR count). The maximum absolute atomic E-state index is 11.4. The zero-order valence-electron chi connectivity index (χ0n) is 11.2. The molecule has 0 saturated heterocycles. The maximum Gasteiger partial charge on any atom is 0.221 e. The van der Waals surface area contributed by atoms with E-state index in [9.17, 15) is 9.90 Å². The van der Waals surface area contributed by atoms with Gasteiger partial charge in [-0.15, -0.1) is 0 Å². The van der Waals surface area contributed by atoms with Crippen molar-refractivity contribution in [1.82, 2.24) is 15.6 Å². The first kappa shape index (κ1) is 14.4. The van der Waals surface area contributed by atoms with Crippen LogP contribution in [0.3, 0.4) is 0 Å². The molecule has 0 aliphatic rings. The van der Waals surface area contributed by atoms with Crippen molar-refractivity contribution in [2.45, 2.75) is 39.8 Å². The van der Waals surface area contributed by atoms with Crippen molar-refractivity contribution < 1.29 is 9.90 Å². The van der Waals surface area contributed by atoms with Crippen molar-refractivity contribution >= 4 is 5.91 Å². The standard InChI is InChI=1S/C13H21N3O2/c1-9(2)15-13(18)6-7-14-8-11-12(17)5-4-10(3)16-11/h4-5,9,14,17H,6-8H2,1-3H3,(H,15,18). The summed E-state index contributed by atoms with van der Waals surface area (Å²) in [4.78, 5) is 15.6. The van der Waals surface area contributed by atoms with Crippen LogP contribution in [0.1, 0.15) is 31.7 Å². The number of hydrogen-bond donors (Lipinski definition) is 3. The van der Waals surface area contributed by atoms with E-state index < -0.39 is 0 Å². The van der Waals surface area contributed by atoms with Gasteiger partial charge in [0.2, 0.25) is 5.91 Å². The minimum absolute atomic E-state index is 0.0268. The highest BCUT2D eigenvalue weighted by Gasteiger charge is 2.05. The Balaban J connectivity index is 2.29. The number of amides is 1. The largest absolute Gasteiger partial charge is 0.506 e. The quantitative estimate of drug-likeness (QED) is 0.662. The van der Waals surface area contributed by atoms with Crippen LogP contribution in [0.25, 0.3) is 0 Å². The molecular weight excluding hydrogens is 230 g/mol. The maximum atomic E-state index is 11.4. The number of rotatable bonds is 6. The summed E-state index contributed by atoms with van der Waals surface area (Å²) in [6.45, 7) is 6.76. The topological polar surface area (TPSA) is 74.2 Å². The number of aromatic hydroxyl groups is 1. The van der Waals surface area contributed by atoms with E-state index in [0.717, 1.165) is 5.69 Å². The molecule has 0 aliphatic heterocycles. The Bertz CT molecular complexity index is 405. The highest BCUT2D eigenvalue weighted by Crippen LogP contribution is 2.13. The van der Waals surface area contributed by atoms with Crippen LogP contribution in [0.2, 0.25) is 0 Å². The Labute approximate surface area is 108 Å². The van der Waals surface area contributed by atoms with Crippen LogP contribution in [-0.2, 0) is 11.3 Å². The Kier molecular flexibility index (Phi) is 5.58. The van der Waals surface area contributed by atoms with E-state index in [2.05, 4.69) is 15.6 Å². The molecule has 0 aliphatic carbocycles. The molecule has 5 nitrogen and oxygen atoms in total. The van der Waals surface area contributed by atoms with Gasteiger partial charge in [-0.1, -0.05) is 0 Å². The molecule has 18 heavy (non-hydrogen) atoms. The van der Waals surface area contributed by atoms with Gasteiger partial charge in [0.1, 0.15) is 5.75 Å². The molecule has 0 spiro atoms. The molecule has 1 aromatic heterocycles. The number of nitrogens with zero attached hydrogens (tertiary/aromatic N) is 1.